The van der Waals surface area contributed by atoms with Crippen molar-refractivity contribution < 1.29 is 4.74 Å². The molecule has 0 aliphatic carbocycles. The average Bonchev–Trinajstić information content (AvgIpc) is 2.59. The normalized spacial score (nSPS) is 20.4. The Morgan fingerprint density at radius 1 is 1.36 bits per heavy atom. The number of aromatic nitrogens is 1. The fourth-order valence-electron chi connectivity index (χ4n) is 2.73. The van der Waals surface area contributed by atoms with Gasteiger partial charge in [-0.1, -0.05) is 6.07 Å². The number of hydrogen-bond acceptors (Lipinski definition) is 6. The van der Waals surface area contributed by atoms with Crippen LogP contribution in [-0.4, -0.2) is 49.8 Å². The number of pyridine rings is 1. The van der Waals surface area contributed by atoms with E-state index in [0.717, 1.165) is 70.2 Å². The first-order chi connectivity index (χ1) is 10.9. The van der Waals surface area contributed by atoms with E-state index in [1.54, 1.807) is 6.20 Å². The highest BCUT2D eigenvalue weighted by molar-refractivity contribution is 5.80. The lowest BCUT2D eigenvalue weighted by atomic mass is 10.1. The highest BCUT2D eigenvalue weighted by Gasteiger charge is 2.19. The molecule has 1 unspecified atom stereocenters. The van der Waals surface area contributed by atoms with Crippen LogP contribution in [0.2, 0.25) is 0 Å². The highest BCUT2D eigenvalue weighted by Crippen LogP contribution is 2.24. The maximum atomic E-state index is 5.92. The molecule has 0 radical (unpaired) electrons. The molecule has 0 amide bonds. The molecule has 120 valence electrons. The third-order valence-electron chi connectivity index (χ3n) is 3.96. The van der Waals surface area contributed by atoms with E-state index in [1.165, 1.54) is 5.56 Å². The number of ether oxygens (including phenoxy) is 1. The Morgan fingerprint density at radius 2 is 2.36 bits per heavy atom. The number of nitrogens with zero attached hydrogens (tertiary/aromatic N) is 2. The molecule has 0 spiro atoms. The van der Waals surface area contributed by atoms with Crippen LogP contribution in [-0.2, 0) is 6.42 Å². The topological polar surface area (TPSA) is 70.6 Å². The van der Waals surface area contributed by atoms with Crippen molar-refractivity contribution in [3.8, 4) is 5.88 Å². The van der Waals surface area contributed by atoms with Crippen LogP contribution in [0.25, 0.3) is 0 Å². The van der Waals surface area contributed by atoms with E-state index < -0.39 is 0 Å². The first-order valence-corrected chi connectivity index (χ1v) is 8.25. The third-order valence-corrected chi connectivity index (χ3v) is 3.96. The first kappa shape index (κ1) is 15.1. The highest BCUT2D eigenvalue weighted by atomic mass is 16.5. The van der Waals surface area contributed by atoms with Crippen molar-refractivity contribution in [2.24, 2.45) is 4.99 Å². The SMILES string of the molecule is c1cnc2c(c1)CCC(CNCCCNC1=NCCCN1)O2. The number of rotatable bonds is 6. The lowest BCUT2D eigenvalue weighted by Gasteiger charge is -2.25. The van der Waals surface area contributed by atoms with E-state index >= 15 is 0 Å². The quantitative estimate of drug-likeness (QED) is 0.675. The largest absolute Gasteiger partial charge is 0.473 e. The molecule has 2 aliphatic rings. The van der Waals surface area contributed by atoms with Gasteiger partial charge >= 0.3 is 0 Å². The van der Waals surface area contributed by atoms with Crippen LogP contribution >= 0.6 is 0 Å². The summed E-state index contributed by atoms with van der Waals surface area (Å²) >= 11 is 0. The zero-order valence-electron chi connectivity index (χ0n) is 13.0. The summed E-state index contributed by atoms with van der Waals surface area (Å²) in [5.74, 6) is 1.76. The Bertz CT molecular complexity index is 505. The minimum absolute atomic E-state index is 0.236. The van der Waals surface area contributed by atoms with E-state index in [1.807, 2.05) is 6.07 Å². The fourth-order valence-corrected chi connectivity index (χ4v) is 2.73. The van der Waals surface area contributed by atoms with Gasteiger partial charge in [-0.15, -0.1) is 0 Å². The van der Waals surface area contributed by atoms with Crippen molar-refractivity contribution in [2.75, 3.05) is 32.7 Å². The fraction of sp³-hybridized carbons (Fsp3) is 0.625. The minimum atomic E-state index is 0.236. The summed E-state index contributed by atoms with van der Waals surface area (Å²) in [6.07, 6.45) is 6.35. The molecular weight excluding hydrogens is 278 g/mol. The molecule has 1 atom stereocenters. The number of aryl methyl sites for hydroxylation is 1. The van der Waals surface area contributed by atoms with Crippen molar-refractivity contribution in [2.45, 2.75) is 31.8 Å². The van der Waals surface area contributed by atoms with Crippen molar-refractivity contribution in [3.63, 3.8) is 0 Å². The molecule has 3 N–H and O–H groups in total. The summed E-state index contributed by atoms with van der Waals surface area (Å²) in [7, 11) is 0. The van der Waals surface area contributed by atoms with Crippen LogP contribution in [0, 0.1) is 0 Å². The summed E-state index contributed by atoms with van der Waals surface area (Å²) in [5, 5.41) is 10.1. The zero-order valence-corrected chi connectivity index (χ0v) is 13.0. The molecule has 3 rings (SSSR count). The standard InChI is InChI=1S/C16H25N5O/c1-4-13-5-6-14(22-15(13)18-8-1)12-17-7-2-9-19-16-20-10-3-11-21-16/h1,4,8,14,17H,2-3,5-7,9-12H2,(H2,19,20,21). The molecule has 2 aliphatic heterocycles. The smallest absolute Gasteiger partial charge is 0.216 e. The Kier molecular flexibility index (Phi) is 5.48. The van der Waals surface area contributed by atoms with Crippen LogP contribution in [0.4, 0.5) is 0 Å². The number of hydrogen-bond donors (Lipinski definition) is 3. The van der Waals surface area contributed by atoms with Gasteiger partial charge in [-0.3, -0.25) is 4.99 Å². The van der Waals surface area contributed by atoms with Crippen LogP contribution in [0.3, 0.4) is 0 Å². The second kappa shape index (κ2) is 7.98. The first-order valence-electron chi connectivity index (χ1n) is 8.25. The molecule has 1 aromatic heterocycles. The average molecular weight is 303 g/mol. The van der Waals surface area contributed by atoms with E-state index in [9.17, 15) is 0 Å². The Morgan fingerprint density at radius 3 is 3.27 bits per heavy atom. The van der Waals surface area contributed by atoms with E-state index in [2.05, 4.69) is 32.0 Å². The van der Waals surface area contributed by atoms with Gasteiger partial charge in [-0.2, -0.15) is 0 Å². The van der Waals surface area contributed by atoms with Crippen LogP contribution in [0.5, 0.6) is 5.88 Å². The van der Waals surface area contributed by atoms with Gasteiger partial charge in [-0.25, -0.2) is 4.98 Å². The lowest BCUT2D eigenvalue weighted by molar-refractivity contribution is 0.162. The van der Waals surface area contributed by atoms with Crippen molar-refractivity contribution in [1.82, 2.24) is 20.9 Å². The van der Waals surface area contributed by atoms with Gasteiger partial charge in [0.15, 0.2) is 5.96 Å². The van der Waals surface area contributed by atoms with Gasteiger partial charge in [-0.05, 0) is 38.3 Å². The lowest BCUT2D eigenvalue weighted by Crippen LogP contribution is -2.42. The Balaban J connectivity index is 1.27. The van der Waals surface area contributed by atoms with E-state index in [4.69, 9.17) is 4.74 Å². The molecule has 6 nitrogen and oxygen atoms in total. The Labute approximate surface area is 131 Å². The van der Waals surface area contributed by atoms with Crippen molar-refractivity contribution in [3.05, 3.63) is 23.9 Å². The third kappa shape index (κ3) is 4.34. The summed E-state index contributed by atoms with van der Waals surface area (Å²) < 4.78 is 5.92. The maximum absolute atomic E-state index is 5.92. The summed E-state index contributed by atoms with van der Waals surface area (Å²) in [5.41, 5.74) is 1.23. The molecular formula is C16H25N5O. The maximum Gasteiger partial charge on any atom is 0.216 e. The Hall–Kier alpha value is -1.82. The molecule has 0 bridgehead atoms. The second-order valence-corrected chi connectivity index (χ2v) is 5.74. The van der Waals surface area contributed by atoms with E-state index in [-0.39, 0.29) is 6.10 Å². The predicted octanol–water partition coefficient (Wildman–Crippen LogP) is 0.694. The number of guanidine groups is 1. The molecule has 1 aromatic rings. The van der Waals surface area contributed by atoms with Gasteiger partial charge in [0.25, 0.3) is 0 Å². The van der Waals surface area contributed by atoms with Gasteiger partial charge < -0.3 is 20.7 Å². The van der Waals surface area contributed by atoms with Gasteiger partial charge in [0, 0.05) is 37.9 Å². The van der Waals surface area contributed by atoms with E-state index in [0.29, 0.717) is 0 Å². The minimum Gasteiger partial charge on any atom is -0.473 e. The molecule has 0 saturated carbocycles. The van der Waals surface area contributed by atoms with Crippen molar-refractivity contribution in [1.29, 1.82) is 0 Å². The second-order valence-electron chi connectivity index (χ2n) is 5.74. The molecule has 22 heavy (non-hydrogen) atoms. The molecule has 0 saturated heterocycles. The van der Waals surface area contributed by atoms with Crippen LogP contribution in [0.1, 0.15) is 24.8 Å². The monoisotopic (exact) mass is 303 g/mol. The molecule has 6 heteroatoms. The number of nitrogens with one attached hydrogen (secondary N) is 3. The summed E-state index contributed by atoms with van der Waals surface area (Å²) in [6, 6.07) is 4.07. The zero-order chi connectivity index (χ0) is 15.0. The van der Waals surface area contributed by atoms with Crippen molar-refractivity contribution >= 4 is 5.96 Å². The van der Waals surface area contributed by atoms with Gasteiger partial charge in [0.2, 0.25) is 5.88 Å². The van der Waals surface area contributed by atoms with Gasteiger partial charge in [0.1, 0.15) is 6.10 Å². The summed E-state index contributed by atoms with van der Waals surface area (Å²) in [6.45, 7) is 4.76. The summed E-state index contributed by atoms with van der Waals surface area (Å²) in [4.78, 5) is 8.69. The molecule has 3 heterocycles. The van der Waals surface area contributed by atoms with Gasteiger partial charge in [0.05, 0.1) is 0 Å². The van der Waals surface area contributed by atoms with Crippen LogP contribution in [0.15, 0.2) is 23.3 Å². The molecule has 0 fully saturated rings. The predicted molar refractivity (Wildman–Crippen MR) is 87.4 cm³/mol. The number of aliphatic imine (C=N–C) groups is 1. The number of fused-ring (bicyclic) bond motifs is 1. The van der Waals surface area contributed by atoms with Crippen LogP contribution < -0.4 is 20.7 Å². The molecule has 0 aromatic carbocycles.